The van der Waals surface area contributed by atoms with Crippen LogP contribution in [-0.4, -0.2) is 84.5 Å². The summed E-state index contributed by atoms with van der Waals surface area (Å²) in [6, 6.07) is 36.3. The van der Waals surface area contributed by atoms with Crippen molar-refractivity contribution in [2.45, 2.75) is 25.0 Å². The number of aliphatic hydroxyl groups excluding tert-OH is 1. The predicted molar refractivity (Wildman–Crippen MR) is 229 cm³/mol. The maximum atomic E-state index is 11.8. The molecule has 0 spiro atoms. The number of carbonyl (C=O) groups excluding carboxylic acids is 1. The molecule has 7 heterocycles. The standard InChI is InChI=1S/C21H16N6O.C12H10N2O2.C8H9N5.C2H4O2/c28-21(17-10-4-6-12-23-17)13-18(26-19(21)16-9-3-5-11-22-16)27-20-24-14-7-1-2-8-15(14)25-20;15-11(9-5-1-3-7-13-9)12(16)10-6-2-4-8-14-10;9-7(10)13-8-11-5-3-1-2-4-6(5)12-8;1-2(3)4/h1-12,28H,13H2,(H,24,25);1-8,11,15H;1-4H,(H5,9,10,11,12,13);1H3,(H,3,4). The fourth-order valence-corrected chi connectivity index (χ4v) is 5.78. The molecule has 2 unspecified atom stereocenters. The molecule has 8 aromatic rings. The zero-order valence-electron chi connectivity index (χ0n) is 32.5. The Morgan fingerprint density at radius 2 is 1.25 bits per heavy atom. The van der Waals surface area contributed by atoms with Crippen molar-refractivity contribution < 1.29 is 24.9 Å². The van der Waals surface area contributed by atoms with Crippen molar-refractivity contribution >= 4 is 63.2 Å². The van der Waals surface area contributed by atoms with Crippen molar-refractivity contribution in [3.8, 4) is 0 Å². The SMILES string of the molecule is CC(=O)O.NC(N)=Nc1nc2ccccc2[nH]1.O=C(c1ccccn1)C(O)c1ccccn1.OC1(c2ccccn2)CC(=Nc2nc3ccccc3[nH]2)N=C1c1ccccn1. The van der Waals surface area contributed by atoms with Gasteiger partial charge in [0, 0.05) is 38.1 Å². The first kappa shape index (κ1) is 42.3. The molecule has 1 aliphatic heterocycles. The third-order valence-electron chi connectivity index (χ3n) is 8.40. The van der Waals surface area contributed by atoms with E-state index in [1.54, 1.807) is 54.9 Å². The molecule has 18 nitrogen and oxygen atoms in total. The van der Waals surface area contributed by atoms with E-state index in [0.717, 1.165) is 29.0 Å². The summed E-state index contributed by atoms with van der Waals surface area (Å²) < 4.78 is 0. The molecule has 0 fully saturated rings. The molecule has 1 aliphatic rings. The summed E-state index contributed by atoms with van der Waals surface area (Å²) in [6.45, 7) is 1.08. The number of aromatic amines is 2. The summed E-state index contributed by atoms with van der Waals surface area (Å²) in [7, 11) is 0. The first-order chi connectivity index (χ1) is 29.5. The van der Waals surface area contributed by atoms with E-state index in [1.165, 1.54) is 12.4 Å². The summed E-state index contributed by atoms with van der Waals surface area (Å²) in [4.78, 5) is 65.0. The van der Waals surface area contributed by atoms with E-state index in [9.17, 15) is 15.0 Å². The minimum absolute atomic E-state index is 0.000874. The average molecular weight is 818 g/mol. The second kappa shape index (κ2) is 19.9. The Morgan fingerprint density at radius 1 is 0.705 bits per heavy atom. The number of carboxylic acids is 1. The summed E-state index contributed by atoms with van der Waals surface area (Å²) >= 11 is 0. The number of guanidine groups is 1. The molecule has 9 rings (SSSR count). The summed E-state index contributed by atoms with van der Waals surface area (Å²) in [6.07, 6.45) is 5.30. The van der Waals surface area contributed by atoms with Crippen LogP contribution in [0.2, 0.25) is 0 Å². The van der Waals surface area contributed by atoms with E-state index < -0.39 is 23.5 Å². The number of nitrogens with zero attached hydrogens (tertiary/aromatic N) is 9. The maximum Gasteiger partial charge on any atom is 0.300 e. The Hall–Kier alpha value is -8.35. The first-order valence-corrected chi connectivity index (χ1v) is 18.4. The quantitative estimate of drug-likeness (QED) is 0.0625. The molecular weight excluding hydrogens is 779 g/mol. The molecule has 2 atom stereocenters. The van der Waals surface area contributed by atoms with Crippen LogP contribution in [0.25, 0.3) is 22.1 Å². The average Bonchev–Trinajstić information content (AvgIpc) is 3.99. The molecular formula is C43H39N13O5. The molecule has 2 aromatic carbocycles. The van der Waals surface area contributed by atoms with E-state index >= 15 is 0 Å². The molecule has 0 saturated carbocycles. The number of carbonyl (C=O) groups is 2. The van der Waals surface area contributed by atoms with Gasteiger partial charge in [-0.05, 0) is 72.8 Å². The molecule has 306 valence electrons. The van der Waals surface area contributed by atoms with Gasteiger partial charge in [-0.1, -0.05) is 48.5 Å². The minimum atomic E-state index is -1.40. The van der Waals surface area contributed by atoms with Gasteiger partial charge < -0.3 is 36.8 Å². The molecule has 6 aromatic heterocycles. The van der Waals surface area contributed by atoms with E-state index in [1.807, 2.05) is 78.9 Å². The number of hydrogen-bond donors (Lipinski definition) is 7. The number of aromatic nitrogens is 8. The van der Waals surface area contributed by atoms with Gasteiger partial charge in [-0.15, -0.1) is 0 Å². The smallest absolute Gasteiger partial charge is 0.300 e. The Balaban J connectivity index is 0.000000160. The molecule has 18 heteroatoms. The topological polar surface area (TPSA) is 293 Å². The number of nitrogens with two attached hydrogens (primary N) is 2. The van der Waals surface area contributed by atoms with Gasteiger partial charge in [0.2, 0.25) is 17.7 Å². The Kier molecular flexibility index (Phi) is 13.8. The number of aliphatic carboxylic acids is 1. The van der Waals surface area contributed by atoms with Crippen LogP contribution < -0.4 is 11.5 Å². The van der Waals surface area contributed by atoms with Gasteiger partial charge in [-0.25, -0.2) is 15.0 Å². The normalized spacial score (nSPS) is 15.2. The highest BCUT2D eigenvalue weighted by Gasteiger charge is 2.44. The van der Waals surface area contributed by atoms with E-state index in [-0.39, 0.29) is 18.1 Å². The Bertz CT molecular complexity index is 2720. The van der Waals surface area contributed by atoms with Crippen LogP contribution >= 0.6 is 0 Å². The largest absolute Gasteiger partial charge is 0.481 e. The van der Waals surface area contributed by atoms with Gasteiger partial charge in [0.15, 0.2) is 17.7 Å². The Labute approximate surface area is 347 Å². The predicted octanol–water partition coefficient (Wildman–Crippen LogP) is 5.12. The lowest BCUT2D eigenvalue weighted by atomic mass is 9.89. The molecule has 0 aliphatic carbocycles. The third kappa shape index (κ3) is 11.2. The zero-order valence-corrected chi connectivity index (χ0v) is 32.5. The number of fused-ring (bicyclic) bond motifs is 2. The number of ketones is 1. The number of hydrogen-bond acceptors (Lipinski definition) is 12. The first-order valence-electron chi connectivity index (χ1n) is 18.4. The molecule has 61 heavy (non-hydrogen) atoms. The molecule has 0 amide bonds. The molecule has 0 saturated heterocycles. The van der Waals surface area contributed by atoms with Crippen molar-refractivity contribution in [3.63, 3.8) is 0 Å². The number of aliphatic hydroxyl groups is 2. The number of imidazole rings is 2. The van der Waals surface area contributed by atoms with E-state index in [0.29, 0.717) is 40.5 Å². The van der Waals surface area contributed by atoms with Crippen LogP contribution in [0.1, 0.15) is 47.0 Å². The minimum Gasteiger partial charge on any atom is -0.481 e. The van der Waals surface area contributed by atoms with Crippen molar-refractivity contribution in [1.29, 1.82) is 0 Å². The van der Waals surface area contributed by atoms with Crippen molar-refractivity contribution in [3.05, 3.63) is 169 Å². The lowest BCUT2D eigenvalue weighted by Crippen LogP contribution is -2.35. The number of rotatable bonds is 7. The molecule has 0 bridgehead atoms. The van der Waals surface area contributed by atoms with Crippen molar-refractivity contribution in [2.75, 3.05) is 0 Å². The number of carboxylic acid groups (broad SMARTS) is 1. The fourth-order valence-electron chi connectivity index (χ4n) is 5.78. The van der Waals surface area contributed by atoms with E-state index in [2.05, 4.69) is 54.8 Å². The third-order valence-corrected chi connectivity index (χ3v) is 8.40. The number of pyridine rings is 4. The van der Waals surface area contributed by atoms with Gasteiger partial charge in [-0.2, -0.15) is 9.98 Å². The van der Waals surface area contributed by atoms with Crippen molar-refractivity contribution in [1.82, 2.24) is 39.9 Å². The zero-order chi connectivity index (χ0) is 43.2. The van der Waals surface area contributed by atoms with Gasteiger partial charge >= 0.3 is 0 Å². The number of benzene rings is 2. The number of H-pyrrole nitrogens is 2. The maximum absolute atomic E-state index is 11.8. The van der Waals surface area contributed by atoms with Crippen LogP contribution in [0, 0.1) is 0 Å². The van der Waals surface area contributed by atoms with Crippen LogP contribution in [0.3, 0.4) is 0 Å². The highest BCUT2D eigenvalue weighted by molar-refractivity contribution is 6.17. The monoisotopic (exact) mass is 817 g/mol. The van der Waals surface area contributed by atoms with Gasteiger partial charge in [0.1, 0.15) is 17.2 Å². The van der Waals surface area contributed by atoms with Gasteiger partial charge in [-0.3, -0.25) is 29.5 Å². The van der Waals surface area contributed by atoms with Gasteiger partial charge in [0.05, 0.1) is 39.1 Å². The molecule has 0 radical (unpaired) electrons. The summed E-state index contributed by atoms with van der Waals surface area (Å²) in [5, 5.41) is 28.7. The number of aliphatic imine (C=N–C) groups is 3. The van der Waals surface area contributed by atoms with Crippen LogP contribution in [0.15, 0.2) is 161 Å². The lowest BCUT2D eigenvalue weighted by molar-refractivity contribution is -0.134. The van der Waals surface area contributed by atoms with Gasteiger partial charge in [0.25, 0.3) is 5.97 Å². The highest BCUT2D eigenvalue weighted by Crippen LogP contribution is 2.34. The second-order valence-corrected chi connectivity index (χ2v) is 12.9. The highest BCUT2D eigenvalue weighted by atomic mass is 16.4. The van der Waals surface area contributed by atoms with Crippen molar-refractivity contribution in [2.24, 2.45) is 26.4 Å². The number of amidine groups is 1. The number of Topliss-reactive ketones (excluding diaryl/α,β-unsaturated/α-hetero) is 1. The van der Waals surface area contributed by atoms with Crippen LogP contribution in [0.4, 0.5) is 11.9 Å². The summed E-state index contributed by atoms with van der Waals surface area (Å²) in [5.74, 6) is 0.0676. The molecule has 9 N–H and O–H groups in total. The number of para-hydroxylation sites is 4. The Morgan fingerprint density at radius 3 is 1.79 bits per heavy atom. The van der Waals surface area contributed by atoms with Crippen LogP contribution in [0.5, 0.6) is 0 Å². The summed E-state index contributed by atoms with van der Waals surface area (Å²) in [5.41, 5.74) is 14.6. The van der Waals surface area contributed by atoms with Crippen LogP contribution in [-0.2, 0) is 10.4 Å². The fraction of sp³-hybridized carbons (Fsp3) is 0.0930. The second-order valence-electron chi connectivity index (χ2n) is 12.9. The number of nitrogens with one attached hydrogen (secondary N) is 2. The van der Waals surface area contributed by atoms with E-state index in [4.69, 9.17) is 21.4 Å². The lowest BCUT2D eigenvalue weighted by Gasteiger charge is -2.23.